The first-order valence-electron chi connectivity index (χ1n) is 6.78. The molecule has 0 fully saturated rings. The summed E-state index contributed by atoms with van der Waals surface area (Å²) in [7, 11) is 1.41. The highest BCUT2D eigenvalue weighted by Gasteiger charge is 2.20. The molecule has 21 heavy (non-hydrogen) atoms. The van der Waals surface area contributed by atoms with E-state index in [1.54, 1.807) is 11.3 Å². The highest BCUT2D eigenvalue weighted by Crippen LogP contribution is 2.15. The number of hydrogen-bond acceptors (Lipinski definition) is 5. The van der Waals surface area contributed by atoms with Gasteiger partial charge in [0.15, 0.2) is 0 Å². The van der Waals surface area contributed by atoms with Gasteiger partial charge in [0.1, 0.15) is 0 Å². The van der Waals surface area contributed by atoms with Crippen molar-refractivity contribution in [1.29, 1.82) is 0 Å². The Labute approximate surface area is 128 Å². The van der Waals surface area contributed by atoms with E-state index in [9.17, 15) is 4.79 Å². The summed E-state index contributed by atoms with van der Waals surface area (Å²) in [5.41, 5.74) is 3.95. The van der Waals surface area contributed by atoms with E-state index in [1.165, 1.54) is 7.11 Å². The predicted molar refractivity (Wildman–Crippen MR) is 82.8 cm³/mol. The van der Waals surface area contributed by atoms with Crippen molar-refractivity contribution in [1.82, 2.24) is 5.48 Å². The Kier molecular flexibility index (Phi) is 6.40. The molecule has 0 aliphatic rings. The summed E-state index contributed by atoms with van der Waals surface area (Å²) in [6.07, 6.45) is 0.659. The van der Waals surface area contributed by atoms with E-state index >= 15 is 0 Å². The van der Waals surface area contributed by atoms with Crippen LogP contribution in [0.5, 0.6) is 0 Å². The normalized spacial score (nSPS) is 12.0. The van der Waals surface area contributed by atoms with E-state index in [0.717, 1.165) is 10.4 Å². The van der Waals surface area contributed by atoms with Crippen LogP contribution in [-0.4, -0.2) is 19.6 Å². The number of benzene rings is 1. The van der Waals surface area contributed by atoms with Gasteiger partial charge in [-0.3, -0.25) is 9.63 Å². The molecule has 0 bridgehead atoms. The van der Waals surface area contributed by atoms with Gasteiger partial charge in [-0.2, -0.15) is 0 Å². The number of rotatable bonds is 8. The second kappa shape index (κ2) is 8.56. The molecule has 5 heteroatoms. The van der Waals surface area contributed by atoms with Crippen molar-refractivity contribution in [2.45, 2.75) is 13.0 Å². The molecule has 4 nitrogen and oxygen atoms in total. The molecular weight excluding hydrogens is 286 g/mol. The highest BCUT2D eigenvalue weighted by molar-refractivity contribution is 7.09. The average Bonchev–Trinajstić information content (AvgIpc) is 3.03. The van der Waals surface area contributed by atoms with Crippen molar-refractivity contribution < 1.29 is 14.4 Å². The van der Waals surface area contributed by atoms with Gasteiger partial charge in [0.05, 0.1) is 19.6 Å². The van der Waals surface area contributed by atoms with Crippen molar-refractivity contribution in [3.8, 4) is 0 Å². The third kappa shape index (κ3) is 5.30. The summed E-state index contributed by atoms with van der Waals surface area (Å²) in [5, 5.41) is 2.00. The molecule has 1 aromatic heterocycles. The fourth-order valence-corrected chi connectivity index (χ4v) is 2.73. The lowest BCUT2D eigenvalue weighted by Crippen LogP contribution is -2.31. The van der Waals surface area contributed by atoms with E-state index in [-0.39, 0.29) is 11.9 Å². The van der Waals surface area contributed by atoms with E-state index in [1.807, 2.05) is 47.8 Å². The quantitative estimate of drug-likeness (QED) is 0.463. The SMILES string of the molecule is COC(=O)[C@H](CNOCc1ccccc1)Cc1cccs1. The van der Waals surface area contributed by atoms with E-state index in [4.69, 9.17) is 9.57 Å². The van der Waals surface area contributed by atoms with E-state index in [2.05, 4.69) is 5.48 Å². The van der Waals surface area contributed by atoms with Crippen LogP contribution in [0.2, 0.25) is 0 Å². The second-order valence-corrected chi connectivity index (χ2v) is 5.66. The minimum Gasteiger partial charge on any atom is -0.469 e. The summed E-state index contributed by atoms with van der Waals surface area (Å²) in [6.45, 7) is 0.894. The van der Waals surface area contributed by atoms with Crippen LogP contribution in [0, 0.1) is 5.92 Å². The minimum atomic E-state index is -0.246. The molecule has 0 aliphatic carbocycles. The first kappa shape index (κ1) is 15.7. The van der Waals surface area contributed by atoms with Crippen molar-refractivity contribution in [3.63, 3.8) is 0 Å². The molecule has 2 rings (SSSR count). The Balaban J connectivity index is 1.78. The van der Waals surface area contributed by atoms with Gasteiger partial charge in [-0.1, -0.05) is 36.4 Å². The van der Waals surface area contributed by atoms with Crippen molar-refractivity contribution in [2.24, 2.45) is 5.92 Å². The van der Waals surface area contributed by atoms with Crippen LogP contribution in [-0.2, 0) is 27.4 Å². The largest absolute Gasteiger partial charge is 0.469 e. The maximum Gasteiger partial charge on any atom is 0.310 e. The van der Waals surface area contributed by atoms with Crippen LogP contribution in [0.3, 0.4) is 0 Å². The molecule has 0 radical (unpaired) electrons. The van der Waals surface area contributed by atoms with Gasteiger partial charge in [0.25, 0.3) is 0 Å². The fourth-order valence-electron chi connectivity index (χ4n) is 1.95. The molecule has 0 amide bonds. The lowest BCUT2D eigenvalue weighted by molar-refractivity contribution is -0.146. The van der Waals surface area contributed by atoms with Gasteiger partial charge in [-0.15, -0.1) is 11.3 Å². The zero-order chi connectivity index (χ0) is 14.9. The minimum absolute atomic E-state index is 0.223. The molecule has 0 saturated carbocycles. The monoisotopic (exact) mass is 305 g/mol. The van der Waals surface area contributed by atoms with Crippen molar-refractivity contribution >= 4 is 17.3 Å². The fraction of sp³-hybridized carbons (Fsp3) is 0.312. The Bertz CT molecular complexity index is 528. The molecular formula is C16H19NO3S. The topological polar surface area (TPSA) is 47.6 Å². The zero-order valence-corrected chi connectivity index (χ0v) is 12.8. The number of hydroxylamine groups is 1. The summed E-state index contributed by atoms with van der Waals surface area (Å²) in [5.74, 6) is -0.469. The number of carbonyl (C=O) groups is 1. The molecule has 0 unspecified atom stereocenters. The van der Waals surface area contributed by atoms with Gasteiger partial charge in [-0.25, -0.2) is 5.48 Å². The second-order valence-electron chi connectivity index (χ2n) is 4.63. The first-order chi connectivity index (χ1) is 10.3. The molecule has 1 aromatic carbocycles. The van der Waals surface area contributed by atoms with Crippen LogP contribution in [0.15, 0.2) is 47.8 Å². The zero-order valence-electron chi connectivity index (χ0n) is 12.0. The average molecular weight is 305 g/mol. The maximum atomic E-state index is 11.8. The number of nitrogens with one attached hydrogen (secondary N) is 1. The van der Waals surface area contributed by atoms with Gasteiger partial charge in [-0.05, 0) is 23.4 Å². The van der Waals surface area contributed by atoms with Crippen LogP contribution in [0.25, 0.3) is 0 Å². The van der Waals surface area contributed by atoms with Crippen molar-refractivity contribution in [3.05, 3.63) is 58.3 Å². The van der Waals surface area contributed by atoms with E-state index < -0.39 is 0 Å². The third-order valence-electron chi connectivity index (χ3n) is 3.08. The number of carbonyl (C=O) groups excluding carboxylic acids is 1. The number of hydrogen-bond donors (Lipinski definition) is 1. The highest BCUT2D eigenvalue weighted by atomic mass is 32.1. The molecule has 2 aromatic rings. The Morgan fingerprint density at radius 2 is 2.05 bits per heavy atom. The van der Waals surface area contributed by atoms with Gasteiger partial charge in [0.2, 0.25) is 0 Å². The predicted octanol–water partition coefficient (Wildman–Crippen LogP) is 2.80. The Morgan fingerprint density at radius 3 is 2.71 bits per heavy atom. The molecule has 112 valence electrons. The van der Waals surface area contributed by atoms with Gasteiger partial charge >= 0.3 is 5.97 Å². The van der Waals surface area contributed by atoms with E-state index in [0.29, 0.717) is 19.6 Å². The number of ether oxygens (including phenoxy) is 1. The number of esters is 1. The summed E-state index contributed by atoms with van der Waals surface area (Å²) in [6, 6.07) is 13.9. The standard InChI is InChI=1S/C16H19NO3S/c1-19-16(18)14(10-15-8-5-9-21-15)11-17-20-12-13-6-3-2-4-7-13/h2-9,14,17H,10-12H2,1H3/t14-/m0/s1. The number of thiophene rings is 1. The third-order valence-corrected chi connectivity index (χ3v) is 3.97. The maximum absolute atomic E-state index is 11.8. The molecule has 0 aliphatic heterocycles. The van der Waals surface area contributed by atoms with Crippen LogP contribution in [0.4, 0.5) is 0 Å². The van der Waals surface area contributed by atoms with Crippen LogP contribution < -0.4 is 5.48 Å². The van der Waals surface area contributed by atoms with Crippen molar-refractivity contribution in [2.75, 3.05) is 13.7 Å². The first-order valence-corrected chi connectivity index (χ1v) is 7.66. The molecule has 0 saturated heterocycles. The summed E-state index contributed by atoms with van der Waals surface area (Å²) >= 11 is 1.64. The molecule has 1 atom stereocenters. The molecule has 1 N–H and O–H groups in total. The summed E-state index contributed by atoms with van der Waals surface area (Å²) < 4.78 is 4.85. The lowest BCUT2D eigenvalue weighted by Gasteiger charge is -2.14. The van der Waals surface area contributed by atoms with Gasteiger partial charge < -0.3 is 4.74 Å². The summed E-state index contributed by atoms with van der Waals surface area (Å²) in [4.78, 5) is 18.4. The smallest absolute Gasteiger partial charge is 0.310 e. The molecule has 0 spiro atoms. The Morgan fingerprint density at radius 1 is 1.24 bits per heavy atom. The van der Waals surface area contributed by atoms with Gasteiger partial charge in [0, 0.05) is 11.4 Å². The van der Waals surface area contributed by atoms with Crippen LogP contribution >= 0.6 is 11.3 Å². The Hall–Kier alpha value is -1.69. The molecule has 1 heterocycles. The lowest BCUT2D eigenvalue weighted by atomic mass is 10.1. The van der Waals surface area contributed by atoms with Crippen LogP contribution in [0.1, 0.15) is 10.4 Å². The number of methoxy groups -OCH3 is 1.